The number of amides is 1. The summed E-state index contributed by atoms with van der Waals surface area (Å²) < 4.78 is 7.35. The van der Waals surface area contributed by atoms with Gasteiger partial charge in [-0.1, -0.05) is 12.1 Å². The molecular formula is C28H35N5O2. The van der Waals surface area contributed by atoms with Gasteiger partial charge in [0, 0.05) is 61.8 Å². The second-order valence-electron chi connectivity index (χ2n) is 10.2. The lowest BCUT2D eigenvalue weighted by Crippen LogP contribution is -2.29. The molecule has 3 heterocycles. The van der Waals surface area contributed by atoms with E-state index in [0.717, 1.165) is 64.2 Å². The molecule has 184 valence electrons. The van der Waals surface area contributed by atoms with Crippen LogP contribution in [0, 0.1) is 18.8 Å². The number of benzene rings is 2. The summed E-state index contributed by atoms with van der Waals surface area (Å²) in [5.74, 6) is 2.19. The summed E-state index contributed by atoms with van der Waals surface area (Å²) in [6.45, 7) is 8.49. The molecule has 0 bridgehead atoms. The van der Waals surface area contributed by atoms with E-state index in [1.165, 1.54) is 13.1 Å². The lowest BCUT2D eigenvalue weighted by molar-refractivity contribution is 0.0939. The van der Waals surface area contributed by atoms with Gasteiger partial charge in [-0.2, -0.15) is 5.10 Å². The van der Waals surface area contributed by atoms with Crippen molar-refractivity contribution in [2.24, 2.45) is 18.9 Å². The highest BCUT2D eigenvalue weighted by atomic mass is 16.5. The Balaban J connectivity index is 1.33. The summed E-state index contributed by atoms with van der Waals surface area (Å²) in [4.78, 5) is 18.2. The van der Waals surface area contributed by atoms with Crippen molar-refractivity contribution in [3.63, 3.8) is 0 Å². The molecule has 7 nitrogen and oxygen atoms in total. The summed E-state index contributed by atoms with van der Waals surface area (Å²) in [5, 5.41) is 7.50. The van der Waals surface area contributed by atoms with Crippen LogP contribution in [-0.2, 0) is 7.05 Å². The number of fused-ring (bicyclic) bond motifs is 1. The lowest BCUT2D eigenvalue weighted by atomic mass is 10.00. The Kier molecular flexibility index (Phi) is 6.28. The Morgan fingerprint density at radius 2 is 1.83 bits per heavy atom. The van der Waals surface area contributed by atoms with E-state index in [-0.39, 0.29) is 11.9 Å². The quantitative estimate of drug-likeness (QED) is 0.589. The fourth-order valence-electron chi connectivity index (χ4n) is 5.63. The van der Waals surface area contributed by atoms with Crippen LogP contribution in [0.25, 0.3) is 11.1 Å². The van der Waals surface area contributed by atoms with Crippen molar-refractivity contribution in [2.45, 2.75) is 19.9 Å². The van der Waals surface area contributed by atoms with Gasteiger partial charge in [0.05, 0.1) is 19.3 Å². The molecule has 0 saturated carbocycles. The predicted octanol–water partition coefficient (Wildman–Crippen LogP) is 3.89. The number of nitrogens with zero attached hydrogens (tertiary/aromatic N) is 4. The second kappa shape index (κ2) is 9.38. The topological polar surface area (TPSA) is 62.6 Å². The fourth-order valence-corrected chi connectivity index (χ4v) is 5.63. The average Bonchev–Trinajstić information content (AvgIpc) is 3.53. The van der Waals surface area contributed by atoms with Crippen molar-refractivity contribution >= 4 is 11.6 Å². The number of likely N-dealkylation sites (tertiary alicyclic amines) is 1. The van der Waals surface area contributed by atoms with Crippen LogP contribution in [0.1, 0.15) is 34.5 Å². The molecule has 1 aromatic heterocycles. The van der Waals surface area contributed by atoms with E-state index >= 15 is 0 Å². The lowest BCUT2D eigenvalue weighted by Gasteiger charge is -2.23. The predicted molar refractivity (Wildman–Crippen MR) is 139 cm³/mol. The van der Waals surface area contributed by atoms with Gasteiger partial charge in [0.2, 0.25) is 0 Å². The van der Waals surface area contributed by atoms with Gasteiger partial charge in [0.15, 0.2) is 0 Å². The largest absolute Gasteiger partial charge is 0.496 e. The highest BCUT2D eigenvalue weighted by Crippen LogP contribution is 2.35. The first-order chi connectivity index (χ1) is 16.8. The van der Waals surface area contributed by atoms with Crippen LogP contribution in [0.5, 0.6) is 5.75 Å². The normalized spacial score (nSPS) is 20.7. The van der Waals surface area contributed by atoms with Crippen molar-refractivity contribution in [3.05, 3.63) is 65.5 Å². The average molecular weight is 474 g/mol. The van der Waals surface area contributed by atoms with Gasteiger partial charge in [-0.15, -0.1) is 0 Å². The standard InChI is InChI=1S/C28H35N5O2/c1-18-6-8-24(33-16-22-13-31(3)14-23(22)17-33)11-25(18)28(34)30-19(2)20-7-9-27(35-5)26(10-20)21-12-29-32(4)15-21/h6-12,15,19,22-23H,13-14,16-17H2,1-5H3,(H,30,34)/t19-,22?,23?/m1/s1. The molecule has 2 aliphatic heterocycles. The number of hydrogen-bond donors (Lipinski definition) is 1. The number of aryl methyl sites for hydroxylation is 2. The van der Waals surface area contributed by atoms with E-state index in [4.69, 9.17) is 4.74 Å². The minimum absolute atomic E-state index is 0.0466. The summed E-state index contributed by atoms with van der Waals surface area (Å²) in [6, 6.07) is 12.2. The van der Waals surface area contributed by atoms with Crippen LogP contribution in [0.4, 0.5) is 5.69 Å². The Hall–Kier alpha value is -3.32. The molecule has 2 aromatic carbocycles. The Bertz CT molecular complexity index is 1220. The third-order valence-electron chi connectivity index (χ3n) is 7.59. The van der Waals surface area contributed by atoms with E-state index in [0.29, 0.717) is 0 Å². The second-order valence-corrected chi connectivity index (χ2v) is 10.2. The van der Waals surface area contributed by atoms with Gasteiger partial charge >= 0.3 is 0 Å². The minimum Gasteiger partial charge on any atom is -0.496 e. The molecule has 2 saturated heterocycles. The smallest absolute Gasteiger partial charge is 0.252 e. The number of methoxy groups -OCH3 is 1. The van der Waals surface area contributed by atoms with E-state index in [9.17, 15) is 4.79 Å². The number of anilines is 1. The third-order valence-corrected chi connectivity index (χ3v) is 7.59. The zero-order valence-electron chi connectivity index (χ0n) is 21.3. The van der Waals surface area contributed by atoms with Crippen molar-refractivity contribution in [2.75, 3.05) is 45.2 Å². The van der Waals surface area contributed by atoms with Crippen molar-refractivity contribution in [3.8, 4) is 16.9 Å². The van der Waals surface area contributed by atoms with Crippen LogP contribution in [0.15, 0.2) is 48.8 Å². The number of hydrogen-bond acceptors (Lipinski definition) is 5. The van der Waals surface area contributed by atoms with Crippen molar-refractivity contribution in [1.82, 2.24) is 20.0 Å². The molecule has 2 aliphatic rings. The summed E-state index contributed by atoms with van der Waals surface area (Å²) in [6.07, 6.45) is 3.79. The molecule has 0 spiro atoms. The first-order valence-electron chi connectivity index (χ1n) is 12.3. The SMILES string of the molecule is COc1ccc([C@@H](C)NC(=O)c2cc(N3CC4CN(C)CC4C3)ccc2C)cc1-c1cnn(C)c1. The fraction of sp³-hybridized carbons (Fsp3) is 0.429. The minimum atomic E-state index is -0.159. The molecule has 1 N–H and O–H groups in total. The van der Waals surface area contributed by atoms with Gasteiger partial charge in [0.25, 0.3) is 5.91 Å². The van der Waals surface area contributed by atoms with Gasteiger partial charge in [0.1, 0.15) is 5.75 Å². The number of aromatic nitrogens is 2. The first-order valence-corrected chi connectivity index (χ1v) is 12.3. The Morgan fingerprint density at radius 1 is 1.09 bits per heavy atom. The number of rotatable bonds is 6. The molecule has 0 aliphatic carbocycles. The molecular weight excluding hydrogens is 438 g/mol. The highest BCUT2D eigenvalue weighted by Gasteiger charge is 2.38. The Morgan fingerprint density at radius 3 is 2.49 bits per heavy atom. The number of nitrogens with one attached hydrogen (secondary N) is 1. The van der Waals surface area contributed by atoms with E-state index in [1.54, 1.807) is 11.8 Å². The first kappa shape index (κ1) is 23.4. The van der Waals surface area contributed by atoms with Gasteiger partial charge < -0.3 is 19.9 Å². The monoisotopic (exact) mass is 473 g/mol. The van der Waals surface area contributed by atoms with Crippen LogP contribution in [0.2, 0.25) is 0 Å². The maximum absolute atomic E-state index is 13.4. The maximum atomic E-state index is 13.4. The Labute approximate surface area is 207 Å². The van der Waals surface area contributed by atoms with Crippen molar-refractivity contribution < 1.29 is 9.53 Å². The number of carbonyl (C=O) groups excluding carboxylic acids is 1. The maximum Gasteiger partial charge on any atom is 0.252 e. The molecule has 3 aromatic rings. The summed E-state index contributed by atoms with van der Waals surface area (Å²) >= 11 is 0. The number of ether oxygens (including phenoxy) is 1. The van der Waals surface area contributed by atoms with Gasteiger partial charge in [-0.05, 0) is 68.1 Å². The third kappa shape index (κ3) is 4.65. The zero-order chi connectivity index (χ0) is 24.7. The summed E-state index contributed by atoms with van der Waals surface area (Å²) in [5.41, 5.74) is 5.84. The molecule has 2 unspecified atom stereocenters. The van der Waals surface area contributed by atoms with E-state index in [1.807, 2.05) is 45.4 Å². The number of carbonyl (C=O) groups is 1. The summed E-state index contributed by atoms with van der Waals surface area (Å²) in [7, 11) is 5.77. The van der Waals surface area contributed by atoms with Crippen LogP contribution >= 0.6 is 0 Å². The molecule has 0 radical (unpaired) electrons. The molecule has 5 rings (SSSR count). The van der Waals surface area contributed by atoms with Gasteiger partial charge in [-0.3, -0.25) is 9.48 Å². The van der Waals surface area contributed by atoms with E-state index in [2.05, 4.69) is 51.5 Å². The molecule has 35 heavy (non-hydrogen) atoms. The van der Waals surface area contributed by atoms with Crippen LogP contribution < -0.4 is 15.0 Å². The molecule has 3 atom stereocenters. The van der Waals surface area contributed by atoms with Crippen LogP contribution in [-0.4, -0.2) is 60.9 Å². The van der Waals surface area contributed by atoms with E-state index < -0.39 is 0 Å². The van der Waals surface area contributed by atoms with Gasteiger partial charge in [-0.25, -0.2) is 0 Å². The van der Waals surface area contributed by atoms with Crippen molar-refractivity contribution in [1.29, 1.82) is 0 Å². The molecule has 1 amide bonds. The molecule has 2 fully saturated rings. The highest BCUT2D eigenvalue weighted by molar-refractivity contribution is 5.97. The zero-order valence-corrected chi connectivity index (χ0v) is 21.3. The van der Waals surface area contributed by atoms with Crippen LogP contribution in [0.3, 0.4) is 0 Å². The molecule has 7 heteroatoms.